The summed E-state index contributed by atoms with van der Waals surface area (Å²) in [6.07, 6.45) is 9.86. The van der Waals surface area contributed by atoms with Gasteiger partial charge in [0.05, 0.1) is 7.11 Å². The molecule has 0 radical (unpaired) electrons. The summed E-state index contributed by atoms with van der Waals surface area (Å²) in [7, 11) is 1.74. The number of ether oxygens (including phenoxy) is 2. The van der Waals surface area contributed by atoms with E-state index in [0.29, 0.717) is 0 Å². The van der Waals surface area contributed by atoms with Gasteiger partial charge in [0.25, 0.3) is 0 Å². The quantitative estimate of drug-likeness (QED) is 0.501. The monoisotopic (exact) mass is 278 g/mol. The number of unbranched alkanes of at least 4 members (excludes halogenated alkanes) is 5. The van der Waals surface area contributed by atoms with Gasteiger partial charge in [0.15, 0.2) is 0 Å². The van der Waals surface area contributed by atoms with E-state index >= 15 is 0 Å². The fourth-order valence-corrected chi connectivity index (χ4v) is 2.34. The van der Waals surface area contributed by atoms with E-state index in [1.165, 1.54) is 50.5 Å². The zero-order valence-corrected chi connectivity index (χ0v) is 13.2. The molecule has 0 aromatic heterocycles. The van der Waals surface area contributed by atoms with Gasteiger partial charge in [0, 0.05) is 13.2 Å². The molecule has 0 saturated heterocycles. The van der Waals surface area contributed by atoms with Crippen molar-refractivity contribution in [1.82, 2.24) is 0 Å². The Morgan fingerprint density at radius 3 is 2.25 bits per heavy atom. The van der Waals surface area contributed by atoms with Gasteiger partial charge in [-0.05, 0) is 37.3 Å². The average Bonchev–Trinajstić information content (AvgIpc) is 2.49. The lowest BCUT2D eigenvalue weighted by molar-refractivity contribution is 0.126. The molecule has 0 unspecified atom stereocenters. The molecule has 1 rings (SSSR count). The molecule has 0 atom stereocenters. The third-order valence-electron chi connectivity index (χ3n) is 3.57. The largest absolute Gasteiger partial charge is 0.496 e. The van der Waals surface area contributed by atoms with Crippen LogP contribution < -0.4 is 4.74 Å². The second-order valence-electron chi connectivity index (χ2n) is 5.30. The van der Waals surface area contributed by atoms with Crippen LogP contribution in [0, 0.1) is 0 Å². The van der Waals surface area contributed by atoms with Crippen molar-refractivity contribution < 1.29 is 9.47 Å². The minimum absolute atomic E-state index is 0.915. The van der Waals surface area contributed by atoms with Gasteiger partial charge in [0.2, 0.25) is 0 Å². The molecule has 2 nitrogen and oxygen atoms in total. The van der Waals surface area contributed by atoms with Gasteiger partial charge in [-0.15, -0.1) is 0 Å². The Kier molecular flexibility index (Phi) is 10.0. The van der Waals surface area contributed by atoms with E-state index in [-0.39, 0.29) is 0 Å². The Labute approximate surface area is 124 Å². The molecule has 0 aliphatic rings. The summed E-state index contributed by atoms with van der Waals surface area (Å²) in [5, 5.41) is 0. The summed E-state index contributed by atoms with van der Waals surface area (Å²) in [6.45, 7) is 4.09. The minimum atomic E-state index is 0.915. The number of para-hydroxylation sites is 1. The molecule has 1 aromatic carbocycles. The normalized spacial score (nSPS) is 10.7. The highest BCUT2D eigenvalue weighted by molar-refractivity contribution is 5.33. The van der Waals surface area contributed by atoms with Gasteiger partial charge >= 0.3 is 0 Å². The van der Waals surface area contributed by atoms with E-state index < -0.39 is 0 Å². The maximum absolute atomic E-state index is 5.65. The van der Waals surface area contributed by atoms with Crippen molar-refractivity contribution in [2.75, 3.05) is 20.3 Å². The predicted octanol–water partition coefficient (Wildman–Crippen LogP) is 5.00. The van der Waals surface area contributed by atoms with Crippen LogP contribution in [0.25, 0.3) is 0 Å². The van der Waals surface area contributed by atoms with Crippen LogP contribution in [0.5, 0.6) is 5.75 Å². The average molecular weight is 278 g/mol. The standard InChI is InChI=1S/C18H30O2/c1-3-4-5-10-15-20-16-11-6-7-12-17-13-8-9-14-18(17)19-2/h8-9,13-14H,3-7,10-12,15-16H2,1-2H3. The number of hydrogen-bond donors (Lipinski definition) is 0. The number of methoxy groups -OCH3 is 1. The summed E-state index contributed by atoms with van der Waals surface area (Å²) in [5.41, 5.74) is 1.32. The van der Waals surface area contributed by atoms with Crippen LogP contribution in [0.4, 0.5) is 0 Å². The Morgan fingerprint density at radius 1 is 0.850 bits per heavy atom. The van der Waals surface area contributed by atoms with Crippen molar-refractivity contribution in [1.29, 1.82) is 0 Å². The number of aryl methyl sites for hydroxylation is 1. The van der Waals surface area contributed by atoms with E-state index in [1.807, 2.05) is 12.1 Å². The Balaban J connectivity index is 1.97. The molecule has 0 bridgehead atoms. The van der Waals surface area contributed by atoms with Crippen molar-refractivity contribution in [3.8, 4) is 5.75 Å². The summed E-state index contributed by atoms with van der Waals surface area (Å²) < 4.78 is 11.0. The van der Waals surface area contributed by atoms with Gasteiger partial charge in [-0.1, -0.05) is 50.8 Å². The van der Waals surface area contributed by atoms with E-state index in [2.05, 4.69) is 19.1 Å². The van der Waals surface area contributed by atoms with Crippen LogP contribution in [0.15, 0.2) is 24.3 Å². The number of hydrogen-bond acceptors (Lipinski definition) is 2. The second kappa shape index (κ2) is 11.8. The van der Waals surface area contributed by atoms with E-state index in [9.17, 15) is 0 Å². The van der Waals surface area contributed by atoms with Crippen molar-refractivity contribution in [2.24, 2.45) is 0 Å². The lowest BCUT2D eigenvalue weighted by Gasteiger charge is -2.08. The highest BCUT2D eigenvalue weighted by Gasteiger charge is 2.00. The predicted molar refractivity (Wildman–Crippen MR) is 85.5 cm³/mol. The zero-order chi connectivity index (χ0) is 14.5. The molecule has 0 aliphatic carbocycles. The highest BCUT2D eigenvalue weighted by atomic mass is 16.5. The molecule has 0 aliphatic heterocycles. The van der Waals surface area contributed by atoms with Gasteiger partial charge in [-0.25, -0.2) is 0 Å². The molecule has 0 spiro atoms. The van der Waals surface area contributed by atoms with Crippen molar-refractivity contribution >= 4 is 0 Å². The molecule has 1 aromatic rings. The van der Waals surface area contributed by atoms with Crippen LogP contribution in [0.3, 0.4) is 0 Å². The molecular formula is C18H30O2. The van der Waals surface area contributed by atoms with Crippen LogP contribution in [-0.2, 0) is 11.2 Å². The van der Waals surface area contributed by atoms with Crippen LogP contribution >= 0.6 is 0 Å². The molecule has 0 N–H and O–H groups in total. The summed E-state index contributed by atoms with van der Waals surface area (Å²) >= 11 is 0. The van der Waals surface area contributed by atoms with Crippen LogP contribution in [0.1, 0.15) is 57.4 Å². The number of rotatable bonds is 12. The SMILES string of the molecule is CCCCCCOCCCCCc1ccccc1OC. The summed E-state index contributed by atoms with van der Waals surface area (Å²) in [5.74, 6) is 1.01. The highest BCUT2D eigenvalue weighted by Crippen LogP contribution is 2.19. The Morgan fingerprint density at radius 2 is 1.55 bits per heavy atom. The topological polar surface area (TPSA) is 18.5 Å². The molecule has 0 saturated carbocycles. The lowest BCUT2D eigenvalue weighted by Crippen LogP contribution is -1.98. The molecule has 0 heterocycles. The van der Waals surface area contributed by atoms with Gasteiger partial charge in [0.1, 0.15) is 5.75 Å². The third-order valence-corrected chi connectivity index (χ3v) is 3.57. The number of benzene rings is 1. The first-order valence-corrected chi connectivity index (χ1v) is 8.08. The Hall–Kier alpha value is -1.02. The van der Waals surface area contributed by atoms with Gasteiger partial charge < -0.3 is 9.47 Å². The fourth-order valence-electron chi connectivity index (χ4n) is 2.34. The molecule has 0 amide bonds. The first-order chi connectivity index (χ1) is 9.88. The first kappa shape index (κ1) is 17.0. The van der Waals surface area contributed by atoms with Gasteiger partial charge in [-0.2, -0.15) is 0 Å². The molecule has 2 heteroatoms. The van der Waals surface area contributed by atoms with E-state index in [0.717, 1.165) is 25.4 Å². The molecule has 20 heavy (non-hydrogen) atoms. The second-order valence-corrected chi connectivity index (χ2v) is 5.30. The van der Waals surface area contributed by atoms with Crippen LogP contribution in [0.2, 0.25) is 0 Å². The summed E-state index contributed by atoms with van der Waals surface area (Å²) in [6, 6.07) is 8.30. The maximum Gasteiger partial charge on any atom is 0.122 e. The van der Waals surface area contributed by atoms with Gasteiger partial charge in [-0.3, -0.25) is 0 Å². The van der Waals surface area contributed by atoms with Crippen molar-refractivity contribution in [2.45, 2.75) is 58.3 Å². The molecule has 0 fully saturated rings. The summed E-state index contributed by atoms with van der Waals surface area (Å²) in [4.78, 5) is 0. The van der Waals surface area contributed by atoms with Crippen molar-refractivity contribution in [3.05, 3.63) is 29.8 Å². The first-order valence-electron chi connectivity index (χ1n) is 8.08. The lowest BCUT2D eigenvalue weighted by atomic mass is 10.1. The molecular weight excluding hydrogens is 248 g/mol. The molecule has 114 valence electrons. The zero-order valence-electron chi connectivity index (χ0n) is 13.2. The van der Waals surface area contributed by atoms with Crippen LogP contribution in [-0.4, -0.2) is 20.3 Å². The smallest absolute Gasteiger partial charge is 0.122 e. The fraction of sp³-hybridized carbons (Fsp3) is 0.667. The maximum atomic E-state index is 5.65. The Bertz CT molecular complexity index is 336. The van der Waals surface area contributed by atoms with E-state index in [1.54, 1.807) is 7.11 Å². The third kappa shape index (κ3) is 7.54. The van der Waals surface area contributed by atoms with Crippen molar-refractivity contribution in [3.63, 3.8) is 0 Å². The minimum Gasteiger partial charge on any atom is -0.496 e. The van der Waals surface area contributed by atoms with E-state index in [4.69, 9.17) is 9.47 Å².